The van der Waals surface area contributed by atoms with Gasteiger partial charge in [-0.2, -0.15) is 5.10 Å². The zero-order valence-corrected chi connectivity index (χ0v) is 15.8. The van der Waals surface area contributed by atoms with Crippen molar-refractivity contribution >= 4 is 5.91 Å². The van der Waals surface area contributed by atoms with Crippen molar-refractivity contribution in [1.29, 1.82) is 0 Å². The van der Waals surface area contributed by atoms with Crippen LogP contribution in [0, 0.1) is 5.82 Å². The highest BCUT2D eigenvalue weighted by Gasteiger charge is 2.12. The summed E-state index contributed by atoms with van der Waals surface area (Å²) in [7, 11) is 0. The fourth-order valence-corrected chi connectivity index (χ4v) is 2.83. The molecule has 3 heterocycles. The molecule has 0 spiro atoms. The molecule has 0 saturated carbocycles. The Labute approximate surface area is 170 Å². The Morgan fingerprint density at radius 3 is 2.63 bits per heavy atom. The summed E-state index contributed by atoms with van der Waals surface area (Å²) in [6.07, 6.45) is 4.45. The van der Waals surface area contributed by atoms with Crippen molar-refractivity contribution < 1.29 is 9.18 Å². The van der Waals surface area contributed by atoms with Gasteiger partial charge in [0.05, 0.1) is 18.8 Å². The summed E-state index contributed by atoms with van der Waals surface area (Å²) >= 11 is 0. The van der Waals surface area contributed by atoms with E-state index in [2.05, 4.69) is 20.4 Å². The summed E-state index contributed by atoms with van der Waals surface area (Å²) in [6.45, 7) is 0.475. The smallest absolute Gasteiger partial charge is 0.346 e. The predicted octanol–water partition coefficient (Wildman–Crippen LogP) is 1.94. The summed E-state index contributed by atoms with van der Waals surface area (Å²) in [5.41, 5.74) is 1.41. The Morgan fingerprint density at radius 2 is 1.87 bits per heavy atom. The van der Waals surface area contributed by atoms with Crippen molar-refractivity contribution in [2.45, 2.75) is 13.1 Å². The quantitative estimate of drug-likeness (QED) is 0.530. The number of aromatic nitrogens is 5. The van der Waals surface area contributed by atoms with Gasteiger partial charge in [0.2, 0.25) is 0 Å². The topological polar surface area (TPSA) is 94.7 Å². The molecular formula is C21H17FN6O2. The summed E-state index contributed by atoms with van der Waals surface area (Å²) in [6, 6.07) is 14.4. The lowest BCUT2D eigenvalue weighted by Crippen LogP contribution is -2.26. The van der Waals surface area contributed by atoms with Gasteiger partial charge in [0.25, 0.3) is 5.91 Å². The van der Waals surface area contributed by atoms with Crippen molar-refractivity contribution in [2.24, 2.45) is 0 Å². The van der Waals surface area contributed by atoms with Crippen molar-refractivity contribution in [3.63, 3.8) is 0 Å². The molecular weight excluding hydrogens is 387 g/mol. The lowest BCUT2D eigenvalue weighted by Gasteiger charge is -2.06. The average Bonchev–Trinajstić information content (AvgIpc) is 3.14. The van der Waals surface area contributed by atoms with Crippen LogP contribution in [0.2, 0.25) is 0 Å². The molecule has 0 aliphatic heterocycles. The minimum absolute atomic E-state index is 0.191. The minimum atomic E-state index is -0.419. The Kier molecular flexibility index (Phi) is 5.42. The van der Waals surface area contributed by atoms with Crippen LogP contribution in [-0.2, 0) is 13.1 Å². The second-order valence-electron chi connectivity index (χ2n) is 6.47. The SMILES string of the molecule is O=C(NCc1ccccn1)c1ccnc(-n2cnn(Cc3ccc(F)cc3)c2=O)c1. The number of hydrogen-bond donors (Lipinski definition) is 1. The number of nitrogens with one attached hydrogen (secondary N) is 1. The van der Waals surface area contributed by atoms with Gasteiger partial charge in [0.15, 0.2) is 0 Å². The molecule has 0 radical (unpaired) electrons. The van der Waals surface area contributed by atoms with Gasteiger partial charge in [0, 0.05) is 18.0 Å². The van der Waals surface area contributed by atoms with E-state index < -0.39 is 5.69 Å². The van der Waals surface area contributed by atoms with Gasteiger partial charge in [-0.25, -0.2) is 23.4 Å². The van der Waals surface area contributed by atoms with Crippen molar-refractivity contribution in [3.05, 3.63) is 106 Å². The first kappa shape index (κ1) is 19.2. The maximum Gasteiger partial charge on any atom is 0.351 e. The van der Waals surface area contributed by atoms with Gasteiger partial charge >= 0.3 is 5.69 Å². The predicted molar refractivity (Wildman–Crippen MR) is 107 cm³/mol. The van der Waals surface area contributed by atoms with Gasteiger partial charge in [0.1, 0.15) is 18.0 Å². The Morgan fingerprint density at radius 1 is 1.03 bits per heavy atom. The summed E-state index contributed by atoms with van der Waals surface area (Å²) in [4.78, 5) is 33.5. The molecule has 0 fully saturated rings. The molecule has 4 aromatic rings. The normalized spacial score (nSPS) is 10.7. The Hall–Kier alpha value is -4.14. The van der Waals surface area contributed by atoms with Crippen molar-refractivity contribution in [1.82, 2.24) is 29.6 Å². The molecule has 0 atom stereocenters. The number of hydrogen-bond acceptors (Lipinski definition) is 5. The number of benzene rings is 1. The number of carbonyl (C=O) groups excluding carboxylic acids is 1. The van der Waals surface area contributed by atoms with E-state index in [4.69, 9.17) is 0 Å². The molecule has 0 aliphatic rings. The molecule has 0 aliphatic carbocycles. The molecule has 8 nitrogen and oxygen atoms in total. The van der Waals surface area contributed by atoms with Crippen LogP contribution < -0.4 is 11.0 Å². The van der Waals surface area contributed by atoms with E-state index >= 15 is 0 Å². The van der Waals surface area contributed by atoms with Crippen LogP contribution in [0.4, 0.5) is 4.39 Å². The Balaban J connectivity index is 1.51. The summed E-state index contributed by atoms with van der Waals surface area (Å²) < 4.78 is 15.5. The van der Waals surface area contributed by atoms with E-state index in [9.17, 15) is 14.0 Å². The standard InChI is InChI=1S/C21H17FN6O2/c22-17-6-4-15(5-7-17)13-28-21(30)27(14-26-28)19-11-16(8-10-24-19)20(29)25-12-18-3-1-2-9-23-18/h1-11,14H,12-13H2,(H,25,29). The highest BCUT2D eigenvalue weighted by atomic mass is 19.1. The van der Waals surface area contributed by atoms with Crippen LogP contribution in [0.1, 0.15) is 21.6 Å². The fraction of sp³-hybridized carbons (Fsp3) is 0.0952. The van der Waals surface area contributed by atoms with E-state index in [1.807, 2.05) is 12.1 Å². The molecule has 0 bridgehead atoms. The average molecular weight is 404 g/mol. The number of rotatable bonds is 6. The van der Waals surface area contributed by atoms with E-state index in [-0.39, 0.29) is 30.6 Å². The highest BCUT2D eigenvalue weighted by Crippen LogP contribution is 2.07. The summed E-state index contributed by atoms with van der Waals surface area (Å²) in [5.74, 6) is -0.383. The molecule has 3 aromatic heterocycles. The third-order valence-corrected chi connectivity index (χ3v) is 4.39. The molecule has 1 N–H and O–H groups in total. The van der Waals surface area contributed by atoms with Crippen LogP contribution in [0.25, 0.3) is 5.82 Å². The second kappa shape index (κ2) is 8.48. The Bertz CT molecular complexity index is 1220. The largest absolute Gasteiger partial charge is 0.351 e. The first-order valence-corrected chi connectivity index (χ1v) is 9.13. The zero-order valence-electron chi connectivity index (χ0n) is 15.8. The minimum Gasteiger partial charge on any atom is -0.346 e. The number of amides is 1. The van der Waals surface area contributed by atoms with E-state index in [1.165, 1.54) is 40.0 Å². The van der Waals surface area contributed by atoms with E-state index in [1.54, 1.807) is 30.5 Å². The number of nitrogens with zero attached hydrogens (tertiary/aromatic N) is 5. The fourth-order valence-electron chi connectivity index (χ4n) is 2.83. The lowest BCUT2D eigenvalue weighted by atomic mass is 10.2. The van der Waals surface area contributed by atoms with Crippen molar-refractivity contribution in [2.75, 3.05) is 0 Å². The molecule has 1 amide bonds. The molecule has 9 heteroatoms. The monoisotopic (exact) mass is 404 g/mol. The van der Waals surface area contributed by atoms with Crippen LogP contribution in [0.15, 0.2) is 78.1 Å². The maximum atomic E-state index is 13.1. The van der Waals surface area contributed by atoms with Gasteiger partial charge in [-0.15, -0.1) is 0 Å². The van der Waals surface area contributed by atoms with Gasteiger partial charge in [-0.05, 0) is 42.0 Å². The summed E-state index contributed by atoms with van der Waals surface area (Å²) in [5, 5.41) is 6.87. The second-order valence-corrected chi connectivity index (χ2v) is 6.47. The van der Waals surface area contributed by atoms with Crippen molar-refractivity contribution in [3.8, 4) is 5.82 Å². The van der Waals surface area contributed by atoms with Crippen LogP contribution >= 0.6 is 0 Å². The molecule has 150 valence electrons. The first-order chi connectivity index (χ1) is 14.6. The number of halogens is 1. The van der Waals surface area contributed by atoms with Gasteiger partial charge in [-0.3, -0.25) is 9.78 Å². The maximum absolute atomic E-state index is 13.1. The number of pyridine rings is 2. The molecule has 1 aromatic carbocycles. The van der Waals surface area contributed by atoms with Crippen LogP contribution in [0.3, 0.4) is 0 Å². The third kappa shape index (κ3) is 4.30. The highest BCUT2D eigenvalue weighted by molar-refractivity contribution is 5.94. The molecule has 30 heavy (non-hydrogen) atoms. The lowest BCUT2D eigenvalue weighted by molar-refractivity contribution is 0.0950. The van der Waals surface area contributed by atoms with Crippen LogP contribution in [0.5, 0.6) is 0 Å². The van der Waals surface area contributed by atoms with E-state index in [0.29, 0.717) is 5.56 Å². The van der Waals surface area contributed by atoms with Gasteiger partial charge < -0.3 is 5.32 Å². The third-order valence-electron chi connectivity index (χ3n) is 4.39. The van der Waals surface area contributed by atoms with E-state index in [0.717, 1.165) is 11.3 Å². The molecule has 0 unspecified atom stereocenters. The van der Waals surface area contributed by atoms with Crippen LogP contribution in [-0.4, -0.2) is 30.2 Å². The molecule has 4 rings (SSSR count). The van der Waals surface area contributed by atoms with Gasteiger partial charge in [-0.1, -0.05) is 18.2 Å². The molecule has 0 saturated heterocycles. The number of carbonyl (C=O) groups is 1. The zero-order chi connectivity index (χ0) is 20.9. The first-order valence-electron chi connectivity index (χ1n) is 9.13.